The van der Waals surface area contributed by atoms with E-state index in [1.54, 1.807) is 30.3 Å². The normalized spacial score (nSPS) is 12.7. The number of alkyl carbamates (subject to hydrolysis) is 1. The molecule has 0 radical (unpaired) electrons. The fourth-order valence-corrected chi connectivity index (χ4v) is 3.17. The van der Waals surface area contributed by atoms with Gasteiger partial charge < -0.3 is 20.3 Å². The summed E-state index contributed by atoms with van der Waals surface area (Å²) >= 11 is 17.9. The van der Waals surface area contributed by atoms with Crippen molar-refractivity contribution in [1.29, 1.82) is 0 Å². The van der Waals surface area contributed by atoms with Crippen LogP contribution in [0.25, 0.3) is 0 Å². The van der Waals surface area contributed by atoms with Crippen LogP contribution in [0.4, 0.5) is 4.79 Å². The molecule has 2 aromatic rings. The van der Waals surface area contributed by atoms with Gasteiger partial charge in [-0.2, -0.15) is 0 Å². The number of carboxylic acids is 2. The molecule has 0 bridgehead atoms. The summed E-state index contributed by atoms with van der Waals surface area (Å²) in [5, 5.41) is 20.9. The minimum absolute atomic E-state index is 0.0386. The van der Waals surface area contributed by atoms with Gasteiger partial charge in [-0.25, -0.2) is 9.59 Å². The number of rotatable bonds is 7. The molecule has 0 aliphatic carbocycles. The van der Waals surface area contributed by atoms with Gasteiger partial charge in [-0.05, 0) is 17.7 Å². The number of nitrogens with one attached hydrogen (secondary N) is 1. The summed E-state index contributed by atoms with van der Waals surface area (Å²) in [6.45, 7) is -0.148. The minimum Gasteiger partial charge on any atom is -0.481 e. The molecule has 2 aromatic carbocycles. The number of amides is 1. The highest BCUT2D eigenvalue weighted by Crippen LogP contribution is 2.37. The third-order valence-corrected chi connectivity index (χ3v) is 4.81. The van der Waals surface area contributed by atoms with Crippen molar-refractivity contribution in [2.45, 2.75) is 18.6 Å². The lowest BCUT2D eigenvalue weighted by Crippen LogP contribution is -2.53. The third-order valence-electron chi connectivity index (χ3n) is 3.78. The van der Waals surface area contributed by atoms with Crippen molar-refractivity contribution in [3.05, 3.63) is 68.7 Å². The van der Waals surface area contributed by atoms with E-state index in [9.17, 15) is 24.6 Å². The molecular formula is C18H14Cl3NO6. The first-order valence-corrected chi connectivity index (χ1v) is 8.88. The fraction of sp³-hybridized carbons (Fsp3) is 0.167. The topological polar surface area (TPSA) is 113 Å². The maximum absolute atomic E-state index is 12.3. The minimum atomic E-state index is -2.43. The summed E-state index contributed by atoms with van der Waals surface area (Å²) in [5.41, 5.74) is -2.01. The number of carbonyl (C=O) groups is 3. The Labute approximate surface area is 174 Å². The maximum Gasteiger partial charge on any atom is 0.408 e. The molecule has 0 spiro atoms. The van der Waals surface area contributed by atoms with Crippen molar-refractivity contribution in [3.8, 4) is 0 Å². The molecule has 0 aromatic heterocycles. The molecule has 0 aliphatic heterocycles. The zero-order valence-corrected chi connectivity index (χ0v) is 16.4. The highest BCUT2D eigenvalue weighted by atomic mass is 35.5. The first-order chi connectivity index (χ1) is 13.2. The number of ether oxygens (including phenoxy) is 1. The first-order valence-electron chi connectivity index (χ1n) is 7.75. The fourth-order valence-electron chi connectivity index (χ4n) is 2.46. The molecule has 0 aliphatic rings. The van der Waals surface area contributed by atoms with E-state index in [0.717, 1.165) is 12.1 Å². The number of benzene rings is 2. The van der Waals surface area contributed by atoms with Crippen molar-refractivity contribution < 1.29 is 29.3 Å². The average Bonchev–Trinajstić information content (AvgIpc) is 2.62. The van der Waals surface area contributed by atoms with Gasteiger partial charge in [0.2, 0.25) is 0 Å². The van der Waals surface area contributed by atoms with Gasteiger partial charge >= 0.3 is 18.0 Å². The van der Waals surface area contributed by atoms with Gasteiger partial charge in [0.05, 0.1) is 16.5 Å². The van der Waals surface area contributed by atoms with Crippen LogP contribution in [-0.4, -0.2) is 28.2 Å². The number of hydrogen-bond acceptors (Lipinski definition) is 4. The smallest absolute Gasteiger partial charge is 0.408 e. The highest BCUT2D eigenvalue weighted by molar-refractivity contribution is 6.43. The highest BCUT2D eigenvalue weighted by Gasteiger charge is 2.46. The predicted molar refractivity (Wildman–Crippen MR) is 103 cm³/mol. The first kappa shape index (κ1) is 21.8. The Hall–Kier alpha value is -2.48. The Bertz CT molecular complexity index is 906. The molecule has 7 nitrogen and oxygen atoms in total. The lowest BCUT2D eigenvalue weighted by atomic mass is 9.86. The molecule has 0 saturated carbocycles. The molecule has 3 N–H and O–H groups in total. The Morgan fingerprint density at radius 2 is 1.57 bits per heavy atom. The van der Waals surface area contributed by atoms with Crippen LogP contribution in [0.15, 0.2) is 42.5 Å². The lowest BCUT2D eigenvalue weighted by molar-refractivity contribution is -0.151. The van der Waals surface area contributed by atoms with Gasteiger partial charge in [0.25, 0.3) is 0 Å². The molecule has 0 saturated heterocycles. The average molecular weight is 447 g/mol. The standard InChI is InChI=1S/C18H14Cl3NO6/c19-12-7-14(21)13(20)6-11(12)18(16(25)26,8-15(23)24)22-17(27)28-9-10-4-2-1-3-5-10/h1-7H,8-9H2,(H,22,27)(H,23,24)(H,25,26)/t18-/m1/s1. The zero-order valence-electron chi connectivity index (χ0n) is 14.1. The molecule has 1 amide bonds. The van der Waals surface area contributed by atoms with Crippen LogP contribution in [-0.2, 0) is 26.5 Å². The van der Waals surface area contributed by atoms with Crippen LogP contribution in [0, 0.1) is 0 Å². The van der Waals surface area contributed by atoms with E-state index in [-0.39, 0.29) is 27.2 Å². The summed E-state index contributed by atoms with van der Waals surface area (Å²) in [6, 6.07) is 10.9. The van der Waals surface area contributed by atoms with Crippen molar-refractivity contribution in [1.82, 2.24) is 5.32 Å². The van der Waals surface area contributed by atoms with E-state index < -0.39 is 30.0 Å². The van der Waals surface area contributed by atoms with E-state index >= 15 is 0 Å². The van der Waals surface area contributed by atoms with Gasteiger partial charge in [-0.1, -0.05) is 65.1 Å². The monoisotopic (exact) mass is 445 g/mol. The molecule has 0 unspecified atom stereocenters. The Morgan fingerprint density at radius 3 is 2.14 bits per heavy atom. The second-order valence-corrected chi connectivity index (χ2v) is 6.94. The zero-order chi connectivity index (χ0) is 20.9. The van der Waals surface area contributed by atoms with Crippen LogP contribution in [0.3, 0.4) is 0 Å². The van der Waals surface area contributed by atoms with E-state index in [1.165, 1.54) is 0 Å². The van der Waals surface area contributed by atoms with Crippen LogP contribution in [0.2, 0.25) is 15.1 Å². The predicted octanol–water partition coefficient (Wildman–Crippen LogP) is 4.33. The molecular weight excluding hydrogens is 433 g/mol. The van der Waals surface area contributed by atoms with Crippen molar-refractivity contribution in [2.24, 2.45) is 0 Å². The molecule has 148 valence electrons. The number of carbonyl (C=O) groups excluding carboxylic acids is 1. The Morgan fingerprint density at radius 1 is 0.964 bits per heavy atom. The van der Waals surface area contributed by atoms with Gasteiger partial charge in [0, 0.05) is 10.6 Å². The largest absolute Gasteiger partial charge is 0.481 e. The van der Waals surface area contributed by atoms with Gasteiger partial charge in [0.1, 0.15) is 6.61 Å². The number of hydrogen-bond donors (Lipinski definition) is 3. The van der Waals surface area contributed by atoms with E-state index in [4.69, 9.17) is 39.5 Å². The summed E-state index contributed by atoms with van der Waals surface area (Å²) < 4.78 is 5.02. The van der Waals surface area contributed by atoms with Crippen molar-refractivity contribution in [3.63, 3.8) is 0 Å². The number of carboxylic acid groups (broad SMARTS) is 2. The maximum atomic E-state index is 12.3. The van der Waals surface area contributed by atoms with Crippen molar-refractivity contribution in [2.75, 3.05) is 0 Å². The molecule has 28 heavy (non-hydrogen) atoms. The quantitative estimate of drug-likeness (QED) is 0.546. The number of halogens is 3. The SMILES string of the molecule is O=C(O)C[C@](NC(=O)OCc1ccccc1)(C(=O)O)c1cc(Cl)c(Cl)cc1Cl. The summed E-state index contributed by atoms with van der Waals surface area (Å²) in [6.07, 6.45) is -2.16. The van der Waals surface area contributed by atoms with Gasteiger partial charge in [-0.3, -0.25) is 4.79 Å². The van der Waals surface area contributed by atoms with Crippen LogP contribution < -0.4 is 5.32 Å². The van der Waals surface area contributed by atoms with E-state index in [2.05, 4.69) is 5.32 Å². The molecule has 0 heterocycles. The van der Waals surface area contributed by atoms with Crippen LogP contribution in [0.1, 0.15) is 17.5 Å². The van der Waals surface area contributed by atoms with Crippen molar-refractivity contribution >= 4 is 52.8 Å². The third kappa shape index (κ3) is 5.07. The van der Waals surface area contributed by atoms with Crippen LogP contribution in [0.5, 0.6) is 0 Å². The Kier molecular flexibility index (Phi) is 7.12. The number of aliphatic carboxylic acids is 2. The van der Waals surface area contributed by atoms with Gasteiger partial charge in [-0.15, -0.1) is 0 Å². The molecule has 0 fully saturated rings. The molecule has 2 rings (SSSR count). The second-order valence-electron chi connectivity index (χ2n) is 5.71. The molecule has 10 heteroatoms. The lowest BCUT2D eigenvalue weighted by Gasteiger charge is -2.30. The van der Waals surface area contributed by atoms with Crippen LogP contribution >= 0.6 is 34.8 Å². The van der Waals surface area contributed by atoms with E-state index in [0.29, 0.717) is 5.56 Å². The summed E-state index contributed by atoms with van der Waals surface area (Å²) in [4.78, 5) is 35.7. The summed E-state index contributed by atoms with van der Waals surface area (Å²) in [5.74, 6) is -3.15. The summed E-state index contributed by atoms with van der Waals surface area (Å²) in [7, 11) is 0. The second kappa shape index (κ2) is 9.14. The Balaban J connectivity index is 2.38. The van der Waals surface area contributed by atoms with Gasteiger partial charge in [0.15, 0.2) is 5.54 Å². The van der Waals surface area contributed by atoms with E-state index in [1.807, 2.05) is 0 Å². The molecule has 1 atom stereocenters.